The van der Waals surface area contributed by atoms with E-state index in [1.165, 1.54) is 12.1 Å². The van der Waals surface area contributed by atoms with Gasteiger partial charge in [-0.15, -0.1) is 0 Å². The smallest absolute Gasteiger partial charge is 0.232 e. The SMILES string of the molecule is COc1cccc(C[S@](=O)CC(=O)NCCc2ccc(F)cc2)c1. The van der Waals surface area contributed by atoms with Gasteiger partial charge in [0.25, 0.3) is 0 Å². The van der Waals surface area contributed by atoms with Crippen LogP contribution in [0.4, 0.5) is 4.39 Å². The minimum absolute atomic E-state index is 0.0410. The zero-order valence-corrected chi connectivity index (χ0v) is 14.3. The molecule has 0 saturated carbocycles. The van der Waals surface area contributed by atoms with Gasteiger partial charge in [0.1, 0.15) is 17.3 Å². The van der Waals surface area contributed by atoms with Crippen LogP contribution in [0.3, 0.4) is 0 Å². The molecule has 0 saturated heterocycles. The molecule has 128 valence electrons. The number of nitrogens with one attached hydrogen (secondary N) is 1. The van der Waals surface area contributed by atoms with Gasteiger partial charge in [-0.1, -0.05) is 24.3 Å². The third kappa shape index (κ3) is 6.12. The predicted octanol–water partition coefficient (Wildman–Crippen LogP) is 2.44. The van der Waals surface area contributed by atoms with Crippen molar-refractivity contribution >= 4 is 16.7 Å². The highest BCUT2D eigenvalue weighted by atomic mass is 32.2. The molecule has 2 rings (SSSR count). The Bertz CT molecular complexity index is 704. The summed E-state index contributed by atoms with van der Waals surface area (Å²) in [7, 11) is 0.294. The summed E-state index contributed by atoms with van der Waals surface area (Å²) >= 11 is 0. The van der Waals surface area contributed by atoms with Crippen molar-refractivity contribution in [2.75, 3.05) is 19.4 Å². The van der Waals surface area contributed by atoms with Crippen LogP contribution in [0.25, 0.3) is 0 Å². The molecule has 6 heteroatoms. The fourth-order valence-corrected chi connectivity index (χ4v) is 3.24. The van der Waals surface area contributed by atoms with Crippen LogP contribution in [0.1, 0.15) is 11.1 Å². The van der Waals surface area contributed by atoms with E-state index in [1.807, 2.05) is 24.3 Å². The Hall–Kier alpha value is -2.21. The van der Waals surface area contributed by atoms with Crippen molar-refractivity contribution in [3.63, 3.8) is 0 Å². The first-order valence-electron chi connectivity index (χ1n) is 7.56. The normalized spacial score (nSPS) is 11.8. The number of hydrogen-bond acceptors (Lipinski definition) is 3. The van der Waals surface area contributed by atoms with Crippen LogP contribution < -0.4 is 10.1 Å². The van der Waals surface area contributed by atoms with Gasteiger partial charge in [0, 0.05) is 23.1 Å². The molecular weight excluding hydrogens is 329 g/mol. The summed E-state index contributed by atoms with van der Waals surface area (Å²) in [6.45, 7) is 0.431. The maximum Gasteiger partial charge on any atom is 0.232 e. The molecule has 1 amide bonds. The second-order valence-corrected chi connectivity index (χ2v) is 6.76. The van der Waals surface area contributed by atoms with Crippen LogP contribution in [0.5, 0.6) is 5.75 Å². The maximum atomic E-state index is 12.8. The average molecular weight is 349 g/mol. The largest absolute Gasteiger partial charge is 0.497 e. The molecule has 0 aliphatic carbocycles. The standard InChI is InChI=1S/C18H20FNO3S/c1-23-17-4-2-3-15(11-17)12-24(22)13-18(21)20-10-9-14-5-7-16(19)8-6-14/h2-8,11H,9-10,12-13H2,1H3,(H,20,21)/t24-/m0/s1. The lowest BCUT2D eigenvalue weighted by Crippen LogP contribution is -2.30. The Balaban J connectivity index is 1.73. The van der Waals surface area contributed by atoms with E-state index in [9.17, 15) is 13.4 Å². The molecule has 0 fully saturated rings. The van der Waals surface area contributed by atoms with Crippen LogP contribution in [0.2, 0.25) is 0 Å². The van der Waals surface area contributed by atoms with E-state index >= 15 is 0 Å². The van der Waals surface area contributed by atoms with E-state index in [0.29, 0.717) is 24.5 Å². The summed E-state index contributed by atoms with van der Waals surface area (Å²) in [5.41, 5.74) is 1.81. The fraction of sp³-hybridized carbons (Fsp3) is 0.278. The van der Waals surface area contributed by atoms with E-state index in [0.717, 1.165) is 11.1 Å². The zero-order valence-electron chi connectivity index (χ0n) is 13.5. The second-order valence-electron chi connectivity index (χ2n) is 5.31. The van der Waals surface area contributed by atoms with Crippen LogP contribution in [0, 0.1) is 5.82 Å². The summed E-state index contributed by atoms with van der Waals surface area (Å²) in [6.07, 6.45) is 0.606. The van der Waals surface area contributed by atoms with Gasteiger partial charge < -0.3 is 10.1 Å². The molecule has 0 unspecified atom stereocenters. The lowest BCUT2D eigenvalue weighted by molar-refractivity contribution is -0.118. The van der Waals surface area contributed by atoms with Crippen LogP contribution in [0.15, 0.2) is 48.5 Å². The third-order valence-electron chi connectivity index (χ3n) is 3.40. The summed E-state index contributed by atoms with van der Waals surface area (Å²) in [5, 5.41) is 2.73. The van der Waals surface area contributed by atoms with Gasteiger partial charge in [0.15, 0.2) is 0 Å². The van der Waals surface area contributed by atoms with Crippen LogP contribution in [-0.4, -0.2) is 29.5 Å². The van der Waals surface area contributed by atoms with Crippen molar-refractivity contribution in [2.24, 2.45) is 0 Å². The van der Waals surface area contributed by atoms with Gasteiger partial charge in [0.05, 0.1) is 7.11 Å². The van der Waals surface area contributed by atoms with Gasteiger partial charge in [-0.25, -0.2) is 4.39 Å². The molecular formula is C18H20FNO3S. The number of benzene rings is 2. The highest BCUT2D eigenvalue weighted by Gasteiger charge is 2.09. The van der Waals surface area contributed by atoms with Crippen molar-refractivity contribution in [3.8, 4) is 5.75 Å². The van der Waals surface area contributed by atoms with Gasteiger partial charge in [0.2, 0.25) is 5.91 Å². The molecule has 0 aliphatic rings. The molecule has 0 aromatic heterocycles. The molecule has 0 spiro atoms. The quantitative estimate of drug-likeness (QED) is 0.796. The number of amides is 1. The van der Waals surface area contributed by atoms with Gasteiger partial charge in [-0.3, -0.25) is 9.00 Å². The van der Waals surface area contributed by atoms with E-state index in [2.05, 4.69) is 5.32 Å². The topological polar surface area (TPSA) is 55.4 Å². The Morgan fingerprint density at radius 2 is 1.92 bits per heavy atom. The minimum Gasteiger partial charge on any atom is -0.497 e. The highest BCUT2D eigenvalue weighted by molar-refractivity contribution is 7.84. The first-order chi connectivity index (χ1) is 11.6. The first-order valence-corrected chi connectivity index (χ1v) is 9.04. The lowest BCUT2D eigenvalue weighted by Gasteiger charge is -2.07. The second kappa shape index (κ2) is 9.17. The number of halogens is 1. The average Bonchev–Trinajstić information content (AvgIpc) is 2.56. The molecule has 0 radical (unpaired) electrons. The molecule has 0 bridgehead atoms. The van der Waals surface area contributed by atoms with E-state index in [1.54, 1.807) is 19.2 Å². The van der Waals surface area contributed by atoms with Crippen LogP contribution in [-0.2, 0) is 27.8 Å². The number of rotatable bonds is 8. The van der Waals surface area contributed by atoms with Crippen molar-refractivity contribution in [1.29, 1.82) is 0 Å². The Morgan fingerprint density at radius 1 is 1.17 bits per heavy atom. The van der Waals surface area contributed by atoms with E-state index in [4.69, 9.17) is 4.74 Å². The molecule has 1 atom stereocenters. The third-order valence-corrected chi connectivity index (χ3v) is 4.64. The molecule has 1 N–H and O–H groups in total. The molecule has 2 aromatic carbocycles. The van der Waals surface area contributed by atoms with E-state index < -0.39 is 10.8 Å². The Morgan fingerprint density at radius 3 is 2.62 bits per heavy atom. The summed E-state index contributed by atoms with van der Waals surface area (Å²) in [4.78, 5) is 11.8. The molecule has 0 heterocycles. The fourth-order valence-electron chi connectivity index (χ4n) is 2.19. The monoisotopic (exact) mass is 349 g/mol. The van der Waals surface area contributed by atoms with Gasteiger partial charge in [-0.2, -0.15) is 0 Å². The van der Waals surface area contributed by atoms with Crippen molar-refractivity contribution < 1.29 is 18.1 Å². The summed E-state index contributed by atoms with van der Waals surface area (Å²) in [6, 6.07) is 13.4. The number of carbonyl (C=O) groups excluding carboxylic acids is 1. The summed E-state index contributed by atoms with van der Waals surface area (Å²) in [5.74, 6) is 0.436. The van der Waals surface area contributed by atoms with Crippen molar-refractivity contribution in [2.45, 2.75) is 12.2 Å². The highest BCUT2D eigenvalue weighted by Crippen LogP contribution is 2.14. The number of carbonyl (C=O) groups is 1. The minimum atomic E-state index is -1.28. The molecule has 0 aliphatic heterocycles. The predicted molar refractivity (Wildman–Crippen MR) is 92.8 cm³/mol. The Labute approximate surface area is 143 Å². The molecule has 24 heavy (non-hydrogen) atoms. The lowest BCUT2D eigenvalue weighted by atomic mass is 10.1. The Kier molecular flexibility index (Phi) is 6.93. The van der Waals surface area contributed by atoms with Crippen molar-refractivity contribution in [3.05, 3.63) is 65.5 Å². The molecule has 2 aromatic rings. The van der Waals surface area contributed by atoms with Crippen LogP contribution >= 0.6 is 0 Å². The summed E-state index contributed by atoms with van der Waals surface area (Å²) < 4.78 is 30.0. The molecule has 4 nitrogen and oxygen atoms in total. The van der Waals surface area contributed by atoms with E-state index in [-0.39, 0.29) is 17.5 Å². The number of hydrogen-bond donors (Lipinski definition) is 1. The van der Waals surface area contributed by atoms with Gasteiger partial charge in [-0.05, 0) is 41.8 Å². The van der Waals surface area contributed by atoms with Crippen molar-refractivity contribution in [1.82, 2.24) is 5.32 Å². The number of ether oxygens (including phenoxy) is 1. The first kappa shape index (κ1) is 18.1. The van der Waals surface area contributed by atoms with Gasteiger partial charge >= 0.3 is 0 Å². The zero-order chi connectivity index (χ0) is 17.4. The maximum absolute atomic E-state index is 12.8. The number of methoxy groups -OCH3 is 1.